The maximum Gasteiger partial charge on any atom is 0.343 e. The smallest absolute Gasteiger partial charge is 0.277 e. The highest BCUT2D eigenvalue weighted by atomic mass is 16.1. The van der Waals surface area contributed by atoms with E-state index < -0.39 is 0 Å². The van der Waals surface area contributed by atoms with Crippen LogP contribution in [0.1, 0.15) is 50.9 Å². The Hall–Kier alpha value is -1.85. The molecule has 2 heterocycles. The van der Waals surface area contributed by atoms with E-state index >= 15 is 0 Å². The average molecular weight is 275 g/mol. The molecule has 0 saturated heterocycles. The molecule has 0 bridgehead atoms. The SMILES string of the molecule is C[C@@H](c1n[nH]c(=O)n1CC1CCCCC1)n1cccn1. The minimum absolute atomic E-state index is 0.0347. The zero-order chi connectivity index (χ0) is 13.9. The molecule has 0 amide bonds. The van der Waals surface area contributed by atoms with E-state index in [9.17, 15) is 4.79 Å². The number of H-pyrrole nitrogens is 1. The predicted molar refractivity (Wildman–Crippen MR) is 75.5 cm³/mol. The number of hydrogen-bond acceptors (Lipinski definition) is 3. The molecule has 1 saturated carbocycles. The number of rotatable bonds is 4. The molecule has 1 aliphatic carbocycles. The maximum atomic E-state index is 12.0. The summed E-state index contributed by atoms with van der Waals surface area (Å²) in [5.41, 5.74) is -0.107. The maximum absolute atomic E-state index is 12.0. The van der Waals surface area contributed by atoms with Crippen LogP contribution in [0, 0.1) is 5.92 Å². The van der Waals surface area contributed by atoms with Gasteiger partial charge >= 0.3 is 5.69 Å². The number of hydrogen-bond donors (Lipinski definition) is 1. The summed E-state index contributed by atoms with van der Waals surface area (Å²) in [6, 6.07) is 1.85. The molecule has 0 radical (unpaired) electrons. The summed E-state index contributed by atoms with van der Waals surface area (Å²) in [6.45, 7) is 2.79. The van der Waals surface area contributed by atoms with Crippen molar-refractivity contribution < 1.29 is 0 Å². The van der Waals surface area contributed by atoms with Gasteiger partial charge in [0, 0.05) is 18.9 Å². The summed E-state index contributed by atoms with van der Waals surface area (Å²) in [6.07, 6.45) is 9.96. The third-order valence-electron chi connectivity index (χ3n) is 4.25. The van der Waals surface area contributed by atoms with Gasteiger partial charge in [0.05, 0.1) is 0 Å². The van der Waals surface area contributed by atoms with Crippen LogP contribution < -0.4 is 5.69 Å². The topological polar surface area (TPSA) is 68.5 Å². The van der Waals surface area contributed by atoms with Gasteiger partial charge in [-0.2, -0.15) is 10.2 Å². The van der Waals surface area contributed by atoms with Crippen molar-refractivity contribution in [1.29, 1.82) is 0 Å². The fraction of sp³-hybridized carbons (Fsp3) is 0.643. The lowest BCUT2D eigenvalue weighted by molar-refractivity contribution is 0.309. The summed E-state index contributed by atoms with van der Waals surface area (Å²) < 4.78 is 3.62. The lowest BCUT2D eigenvalue weighted by Crippen LogP contribution is -2.26. The van der Waals surface area contributed by atoms with Gasteiger partial charge in [-0.05, 0) is 31.7 Å². The van der Waals surface area contributed by atoms with Crippen molar-refractivity contribution in [1.82, 2.24) is 24.5 Å². The van der Waals surface area contributed by atoms with Crippen molar-refractivity contribution in [2.24, 2.45) is 5.92 Å². The minimum Gasteiger partial charge on any atom is -0.277 e. The number of aromatic amines is 1. The first-order valence-corrected chi connectivity index (χ1v) is 7.40. The van der Waals surface area contributed by atoms with Crippen LogP contribution in [-0.2, 0) is 6.54 Å². The largest absolute Gasteiger partial charge is 0.343 e. The molecule has 1 aliphatic rings. The first kappa shape index (κ1) is 13.1. The molecule has 2 aromatic rings. The Morgan fingerprint density at radius 3 is 2.90 bits per heavy atom. The van der Waals surface area contributed by atoms with E-state index in [1.165, 1.54) is 32.1 Å². The van der Waals surface area contributed by atoms with Crippen LogP contribution in [0.3, 0.4) is 0 Å². The number of aromatic nitrogens is 5. The second kappa shape index (κ2) is 5.64. The van der Waals surface area contributed by atoms with Crippen molar-refractivity contribution in [2.75, 3.05) is 0 Å². The molecule has 2 aromatic heterocycles. The van der Waals surface area contributed by atoms with Gasteiger partial charge in [-0.1, -0.05) is 19.3 Å². The second-order valence-electron chi connectivity index (χ2n) is 5.66. The standard InChI is InChI=1S/C14H21N5O/c1-11(19-9-5-8-15-19)13-16-17-14(20)18(13)10-12-6-3-2-4-7-12/h5,8-9,11-12H,2-4,6-7,10H2,1H3,(H,17,20)/t11-/m0/s1. The van der Waals surface area contributed by atoms with Crippen LogP contribution in [0.4, 0.5) is 0 Å². The third-order valence-corrected chi connectivity index (χ3v) is 4.25. The highest BCUT2D eigenvalue weighted by molar-refractivity contribution is 4.97. The molecule has 1 fully saturated rings. The highest BCUT2D eigenvalue weighted by Gasteiger charge is 2.21. The summed E-state index contributed by atoms with van der Waals surface area (Å²) in [4.78, 5) is 12.0. The molecule has 20 heavy (non-hydrogen) atoms. The van der Waals surface area contributed by atoms with Crippen LogP contribution in [0.25, 0.3) is 0 Å². The van der Waals surface area contributed by atoms with Crippen LogP contribution in [0.5, 0.6) is 0 Å². The van der Waals surface area contributed by atoms with Crippen LogP contribution in [0.2, 0.25) is 0 Å². The molecule has 108 valence electrons. The monoisotopic (exact) mass is 275 g/mol. The average Bonchev–Trinajstić information content (AvgIpc) is 3.11. The van der Waals surface area contributed by atoms with Gasteiger partial charge in [-0.15, -0.1) is 0 Å². The lowest BCUT2D eigenvalue weighted by atomic mass is 9.89. The predicted octanol–water partition coefficient (Wildman–Crippen LogP) is 1.96. The molecule has 0 unspecified atom stereocenters. The summed E-state index contributed by atoms with van der Waals surface area (Å²) >= 11 is 0. The van der Waals surface area contributed by atoms with Gasteiger partial charge in [0.25, 0.3) is 0 Å². The Kier molecular flexibility index (Phi) is 3.71. The molecule has 6 heteroatoms. The molecule has 1 N–H and O–H groups in total. The number of nitrogens with one attached hydrogen (secondary N) is 1. The second-order valence-corrected chi connectivity index (χ2v) is 5.66. The van der Waals surface area contributed by atoms with E-state index in [0.717, 1.165) is 12.4 Å². The van der Waals surface area contributed by atoms with Gasteiger partial charge in [-0.25, -0.2) is 9.89 Å². The zero-order valence-electron chi connectivity index (χ0n) is 11.8. The van der Waals surface area contributed by atoms with Crippen molar-refractivity contribution in [2.45, 2.75) is 51.6 Å². The summed E-state index contributed by atoms with van der Waals surface area (Å²) in [5, 5.41) is 11.0. The van der Waals surface area contributed by atoms with Gasteiger partial charge in [0.2, 0.25) is 0 Å². The quantitative estimate of drug-likeness (QED) is 0.927. The van der Waals surface area contributed by atoms with Gasteiger partial charge in [-0.3, -0.25) is 9.25 Å². The van der Waals surface area contributed by atoms with Crippen LogP contribution in [-0.4, -0.2) is 24.5 Å². The normalized spacial score (nSPS) is 18.2. The fourth-order valence-corrected chi connectivity index (χ4v) is 3.08. The molecule has 0 spiro atoms. The van der Waals surface area contributed by atoms with Crippen molar-refractivity contribution >= 4 is 0 Å². The van der Waals surface area contributed by atoms with Crippen molar-refractivity contribution in [3.8, 4) is 0 Å². The Labute approximate surface area is 117 Å². The molecule has 0 aromatic carbocycles. The van der Waals surface area contributed by atoms with Gasteiger partial charge < -0.3 is 0 Å². The molecule has 3 rings (SSSR count). The Morgan fingerprint density at radius 2 is 2.20 bits per heavy atom. The van der Waals surface area contributed by atoms with E-state index in [1.54, 1.807) is 10.8 Å². The Balaban J connectivity index is 1.83. The van der Waals surface area contributed by atoms with E-state index in [0.29, 0.717) is 5.92 Å². The molecule has 1 atom stereocenters. The van der Waals surface area contributed by atoms with Gasteiger partial charge in [0.15, 0.2) is 5.82 Å². The van der Waals surface area contributed by atoms with E-state index in [-0.39, 0.29) is 11.7 Å². The van der Waals surface area contributed by atoms with Crippen LogP contribution >= 0.6 is 0 Å². The third kappa shape index (κ3) is 2.55. The highest BCUT2D eigenvalue weighted by Crippen LogP contribution is 2.25. The first-order chi connectivity index (χ1) is 9.75. The molecule has 0 aliphatic heterocycles. The van der Waals surface area contributed by atoms with Crippen molar-refractivity contribution in [3.63, 3.8) is 0 Å². The molecule has 6 nitrogen and oxygen atoms in total. The lowest BCUT2D eigenvalue weighted by Gasteiger charge is -2.22. The molecular formula is C14H21N5O. The Bertz CT molecular complexity index is 591. The summed E-state index contributed by atoms with van der Waals surface area (Å²) in [5.74, 6) is 1.37. The number of nitrogens with zero attached hydrogens (tertiary/aromatic N) is 4. The van der Waals surface area contributed by atoms with Gasteiger partial charge in [0.1, 0.15) is 6.04 Å². The van der Waals surface area contributed by atoms with Crippen LogP contribution in [0.15, 0.2) is 23.3 Å². The summed E-state index contributed by atoms with van der Waals surface area (Å²) in [7, 11) is 0. The van der Waals surface area contributed by atoms with E-state index in [1.807, 2.05) is 23.9 Å². The fourth-order valence-electron chi connectivity index (χ4n) is 3.08. The van der Waals surface area contributed by atoms with E-state index in [2.05, 4.69) is 15.3 Å². The van der Waals surface area contributed by atoms with Crippen molar-refractivity contribution in [3.05, 3.63) is 34.8 Å². The zero-order valence-corrected chi connectivity index (χ0v) is 11.8. The molecular weight excluding hydrogens is 254 g/mol. The van der Waals surface area contributed by atoms with E-state index in [4.69, 9.17) is 0 Å². The minimum atomic E-state index is -0.107. The first-order valence-electron chi connectivity index (χ1n) is 7.40. The Morgan fingerprint density at radius 1 is 1.40 bits per heavy atom.